The van der Waals surface area contributed by atoms with Crippen LogP contribution in [0.2, 0.25) is 0 Å². The molecule has 2 aromatic heterocycles. The third-order valence-corrected chi connectivity index (χ3v) is 5.31. The molecular weight excluding hydrogens is 356 g/mol. The van der Waals surface area contributed by atoms with Crippen LogP contribution in [0.15, 0.2) is 39.3 Å². The van der Waals surface area contributed by atoms with E-state index in [0.717, 1.165) is 11.3 Å². The number of thiazole rings is 1. The Bertz CT molecular complexity index is 977. The highest BCUT2D eigenvalue weighted by atomic mass is 32.2. The van der Waals surface area contributed by atoms with Crippen LogP contribution >= 0.6 is 23.1 Å². The van der Waals surface area contributed by atoms with E-state index in [1.54, 1.807) is 25.6 Å². The van der Waals surface area contributed by atoms with Crippen molar-refractivity contribution in [3.63, 3.8) is 0 Å². The lowest BCUT2D eigenvalue weighted by molar-refractivity contribution is 0.102. The fourth-order valence-corrected chi connectivity index (χ4v) is 3.41. The van der Waals surface area contributed by atoms with Crippen molar-refractivity contribution in [2.45, 2.75) is 18.7 Å². The second kappa shape index (κ2) is 7.20. The number of nitrogens with zero attached hydrogens (tertiary/aromatic N) is 2. The fourth-order valence-electron chi connectivity index (χ4n) is 2.28. The topological polar surface area (TPSA) is 87.7 Å². The lowest BCUT2D eigenvalue weighted by atomic mass is 10.1. The normalized spacial score (nSPS) is 10.7. The molecule has 1 amide bonds. The monoisotopic (exact) mass is 372 g/mol. The average molecular weight is 372 g/mol. The van der Waals surface area contributed by atoms with Gasteiger partial charge in [-0.3, -0.25) is 14.9 Å². The van der Waals surface area contributed by atoms with Gasteiger partial charge in [-0.2, -0.15) is 5.10 Å². The van der Waals surface area contributed by atoms with Crippen molar-refractivity contribution in [3.05, 3.63) is 56.8 Å². The lowest BCUT2D eigenvalue weighted by Gasteiger charge is -2.05. The summed E-state index contributed by atoms with van der Waals surface area (Å²) in [4.78, 5) is 30.0. The van der Waals surface area contributed by atoms with Gasteiger partial charge in [0.15, 0.2) is 5.13 Å². The SMILES string of the molecule is CSc1ccc(-c2csc(NC(=O)c3c(C)c(C)n[nH]c3=O)n2)cc1. The smallest absolute Gasteiger partial charge is 0.277 e. The molecule has 0 aliphatic heterocycles. The van der Waals surface area contributed by atoms with E-state index in [-0.39, 0.29) is 5.56 Å². The molecule has 0 saturated carbocycles. The minimum atomic E-state index is -0.509. The van der Waals surface area contributed by atoms with E-state index < -0.39 is 11.5 Å². The second-order valence-electron chi connectivity index (χ2n) is 5.36. The molecule has 0 aliphatic carbocycles. The molecule has 0 bridgehead atoms. The Balaban J connectivity index is 1.83. The molecular formula is C17H16N4O2S2. The van der Waals surface area contributed by atoms with Crippen molar-refractivity contribution in [1.29, 1.82) is 0 Å². The minimum absolute atomic E-state index is 0.0635. The van der Waals surface area contributed by atoms with Gasteiger partial charge in [-0.05, 0) is 37.8 Å². The summed E-state index contributed by atoms with van der Waals surface area (Å²) in [6.07, 6.45) is 2.02. The molecule has 0 spiro atoms. The van der Waals surface area contributed by atoms with Crippen molar-refractivity contribution >= 4 is 34.1 Å². The van der Waals surface area contributed by atoms with Crippen LogP contribution in [0.3, 0.4) is 0 Å². The molecule has 128 valence electrons. The first kappa shape index (κ1) is 17.4. The zero-order chi connectivity index (χ0) is 18.0. The molecule has 6 nitrogen and oxygen atoms in total. The number of thioether (sulfide) groups is 1. The largest absolute Gasteiger partial charge is 0.298 e. The van der Waals surface area contributed by atoms with Crippen molar-refractivity contribution in [2.24, 2.45) is 0 Å². The van der Waals surface area contributed by atoms with Crippen LogP contribution in [0.4, 0.5) is 5.13 Å². The third kappa shape index (κ3) is 3.64. The molecule has 0 aliphatic rings. The van der Waals surface area contributed by atoms with Crippen molar-refractivity contribution in [1.82, 2.24) is 15.2 Å². The van der Waals surface area contributed by atoms with Crippen LogP contribution in [-0.4, -0.2) is 27.3 Å². The molecule has 3 rings (SSSR count). The number of hydrogen-bond acceptors (Lipinski definition) is 6. The molecule has 2 heterocycles. The Kier molecular flexibility index (Phi) is 5.00. The fraction of sp³-hybridized carbons (Fsp3) is 0.176. The van der Waals surface area contributed by atoms with Crippen LogP contribution in [-0.2, 0) is 0 Å². The van der Waals surface area contributed by atoms with Gasteiger partial charge in [0, 0.05) is 15.8 Å². The summed E-state index contributed by atoms with van der Waals surface area (Å²) in [6, 6.07) is 8.04. The van der Waals surface area contributed by atoms with Crippen LogP contribution < -0.4 is 10.9 Å². The summed E-state index contributed by atoms with van der Waals surface area (Å²) in [7, 11) is 0. The maximum Gasteiger partial charge on any atom is 0.277 e. The number of rotatable bonds is 4. The van der Waals surface area contributed by atoms with Crippen molar-refractivity contribution in [2.75, 3.05) is 11.6 Å². The molecule has 2 N–H and O–H groups in total. The number of nitrogens with one attached hydrogen (secondary N) is 2. The van der Waals surface area contributed by atoms with Gasteiger partial charge < -0.3 is 0 Å². The van der Waals surface area contributed by atoms with E-state index in [1.807, 2.05) is 35.9 Å². The lowest BCUT2D eigenvalue weighted by Crippen LogP contribution is -2.26. The van der Waals surface area contributed by atoms with Gasteiger partial charge in [0.1, 0.15) is 5.56 Å². The first-order valence-electron chi connectivity index (χ1n) is 7.46. The van der Waals surface area contributed by atoms with Gasteiger partial charge in [0.2, 0.25) is 0 Å². The number of carbonyl (C=O) groups is 1. The number of anilines is 1. The van der Waals surface area contributed by atoms with E-state index in [1.165, 1.54) is 16.2 Å². The average Bonchev–Trinajstić information content (AvgIpc) is 3.07. The summed E-state index contributed by atoms with van der Waals surface area (Å²) in [5.74, 6) is -0.483. The summed E-state index contributed by atoms with van der Waals surface area (Å²) in [5, 5.41) is 11.2. The predicted molar refractivity (Wildman–Crippen MR) is 102 cm³/mol. The molecule has 0 unspecified atom stereocenters. The predicted octanol–water partition coefficient (Wildman–Crippen LogP) is 3.48. The number of hydrogen-bond donors (Lipinski definition) is 2. The first-order valence-corrected chi connectivity index (χ1v) is 9.57. The Morgan fingerprint density at radius 2 is 1.96 bits per heavy atom. The Morgan fingerprint density at radius 1 is 1.24 bits per heavy atom. The number of aromatic amines is 1. The van der Waals surface area contributed by atoms with Crippen molar-refractivity contribution < 1.29 is 4.79 Å². The van der Waals surface area contributed by atoms with E-state index in [0.29, 0.717) is 16.4 Å². The quantitative estimate of drug-likeness (QED) is 0.685. The van der Waals surface area contributed by atoms with E-state index in [4.69, 9.17) is 0 Å². The van der Waals surface area contributed by atoms with E-state index in [9.17, 15) is 9.59 Å². The number of H-pyrrole nitrogens is 1. The Hall–Kier alpha value is -2.45. The van der Waals surface area contributed by atoms with Crippen LogP contribution in [0.25, 0.3) is 11.3 Å². The number of aromatic nitrogens is 3. The zero-order valence-corrected chi connectivity index (χ0v) is 15.5. The molecule has 0 radical (unpaired) electrons. The number of aryl methyl sites for hydroxylation is 1. The highest BCUT2D eigenvalue weighted by Crippen LogP contribution is 2.27. The molecule has 0 fully saturated rings. The van der Waals surface area contributed by atoms with Gasteiger partial charge in [-0.15, -0.1) is 23.1 Å². The van der Waals surface area contributed by atoms with Gasteiger partial charge in [0.05, 0.1) is 11.4 Å². The number of carbonyl (C=O) groups excluding carboxylic acids is 1. The van der Waals surface area contributed by atoms with Crippen LogP contribution in [0.5, 0.6) is 0 Å². The Morgan fingerprint density at radius 3 is 2.64 bits per heavy atom. The summed E-state index contributed by atoms with van der Waals surface area (Å²) < 4.78 is 0. The number of benzene rings is 1. The molecule has 0 atom stereocenters. The maximum absolute atomic E-state index is 12.4. The Labute approximate surface area is 152 Å². The summed E-state index contributed by atoms with van der Waals surface area (Å²) in [6.45, 7) is 3.44. The summed E-state index contributed by atoms with van der Waals surface area (Å²) >= 11 is 2.99. The summed E-state index contributed by atoms with van der Waals surface area (Å²) in [5.41, 5.74) is 2.48. The van der Waals surface area contributed by atoms with Gasteiger partial charge in [-0.25, -0.2) is 10.1 Å². The number of amides is 1. The standard InChI is InChI=1S/C17H16N4O2S2/c1-9-10(2)20-21-16(23)14(9)15(22)19-17-18-13(8-25-17)11-4-6-12(24-3)7-5-11/h4-8H,1-3H3,(H,21,23)(H,18,19,22). The third-order valence-electron chi connectivity index (χ3n) is 3.81. The van der Waals surface area contributed by atoms with Gasteiger partial charge >= 0.3 is 0 Å². The first-order chi connectivity index (χ1) is 12.0. The van der Waals surface area contributed by atoms with E-state index in [2.05, 4.69) is 20.5 Å². The molecule has 8 heteroatoms. The maximum atomic E-state index is 12.4. The van der Waals surface area contributed by atoms with Gasteiger partial charge in [-0.1, -0.05) is 12.1 Å². The van der Waals surface area contributed by atoms with Crippen molar-refractivity contribution in [3.8, 4) is 11.3 Å². The zero-order valence-electron chi connectivity index (χ0n) is 13.9. The highest BCUT2D eigenvalue weighted by molar-refractivity contribution is 7.98. The second-order valence-corrected chi connectivity index (χ2v) is 7.10. The van der Waals surface area contributed by atoms with Crippen LogP contribution in [0, 0.1) is 13.8 Å². The van der Waals surface area contributed by atoms with Crippen LogP contribution in [0.1, 0.15) is 21.6 Å². The highest BCUT2D eigenvalue weighted by Gasteiger charge is 2.17. The molecule has 25 heavy (non-hydrogen) atoms. The molecule has 3 aromatic rings. The van der Waals surface area contributed by atoms with Gasteiger partial charge in [0.25, 0.3) is 11.5 Å². The van der Waals surface area contributed by atoms with E-state index >= 15 is 0 Å². The minimum Gasteiger partial charge on any atom is -0.298 e. The molecule has 0 saturated heterocycles. The molecule has 1 aromatic carbocycles.